The predicted molar refractivity (Wildman–Crippen MR) is 122 cm³/mol. The summed E-state index contributed by atoms with van der Waals surface area (Å²) in [6, 6.07) is 16.2. The van der Waals surface area contributed by atoms with Gasteiger partial charge in [-0.2, -0.15) is 0 Å². The van der Waals surface area contributed by atoms with Gasteiger partial charge < -0.3 is 25.0 Å². The molecule has 2 aromatic carbocycles. The third-order valence-electron chi connectivity index (χ3n) is 4.69. The summed E-state index contributed by atoms with van der Waals surface area (Å²) < 4.78 is 11.4. The van der Waals surface area contributed by atoms with Crippen LogP contribution >= 0.6 is 11.6 Å². The summed E-state index contributed by atoms with van der Waals surface area (Å²) in [4.78, 5) is 20.6. The van der Waals surface area contributed by atoms with Crippen LogP contribution in [0, 0.1) is 0 Å². The number of carboxylic acid groups (broad SMARTS) is 2. The van der Waals surface area contributed by atoms with Crippen LogP contribution in [0.25, 0.3) is 0 Å². The number of morpholine rings is 1. The fraction of sp³-hybridized carbons (Fsp3) is 0.391. The molecule has 0 unspecified atom stereocenters. The van der Waals surface area contributed by atoms with E-state index in [2.05, 4.69) is 34.5 Å². The smallest absolute Gasteiger partial charge is 0.414 e. The lowest BCUT2D eigenvalue weighted by Crippen LogP contribution is -2.40. The number of rotatable bonds is 9. The van der Waals surface area contributed by atoms with Gasteiger partial charge in [0, 0.05) is 44.2 Å². The molecule has 3 rings (SSSR count). The van der Waals surface area contributed by atoms with Gasteiger partial charge >= 0.3 is 11.9 Å². The van der Waals surface area contributed by atoms with Crippen molar-refractivity contribution in [2.24, 2.45) is 0 Å². The second-order valence-electron chi connectivity index (χ2n) is 7.08. The molecule has 1 fully saturated rings. The van der Waals surface area contributed by atoms with E-state index >= 15 is 0 Å². The Balaban J connectivity index is 0.000000534. The van der Waals surface area contributed by atoms with E-state index in [1.165, 1.54) is 5.56 Å². The number of carboxylic acids is 2. The second-order valence-corrected chi connectivity index (χ2v) is 7.51. The number of hydrogen-bond donors (Lipinski definition) is 3. The summed E-state index contributed by atoms with van der Waals surface area (Å²) in [5.41, 5.74) is 2.38. The monoisotopic (exact) mass is 464 g/mol. The average molecular weight is 465 g/mol. The molecule has 9 heteroatoms. The first-order valence-corrected chi connectivity index (χ1v) is 10.8. The molecular weight excluding hydrogens is 436 g/mol. The van der Waals surface area contributed by atoms with Gasteiger partial charge in [0.15, 0.2) is 0 Å². The Morgan fingerprint density at radius 1 is 1.03 bits per heavy atom. The number of ether oxygens (including phenoxy) is 2. The normalized spacial score (nSPS) is 13.7. The first-order valence-electron chi connectivity index (χ1n) is 10.4. The maximum absolute atomic E-state index is 9.10. The highest BCUT2D eigenvalue weighted by Crippen LogP contribution is 2.25. The summed E-state index contributed by atoms with van der Waals surface area (Å²) in [5.74, 6) is -2.74. The molecule has 0 radical (unpaired) electrons. The van der Waals surface area contributed by atoms with E-state index in [9.17, 15) is 0 Å². The number of hydrogen-bond acceptors (Lipinski definition) is 6. The van der Waals surface area contributed by atoms with E-state index in [0.29, 0.717) is 6.61 Å². The number of aliphatic carboxylic acids is 2. The van der Waals surface area contributed by atoms with Crippen LogP contribution in [0.2, 0.25) is 5.02 Å². The van der Waals surface area contributed by atoms with E-state index < -0.39 is 11.9 Å². The van der Waals surface area contributed by atoms with Crippen LogP contribution in [0.1, 0.15) is 11.1 Å². The van der Waals surface area contributed by atoms with Gasteiger partial charge in [0.2, 0.25) is 0 Å². The Kier molecular flexibility index (Phi) is 11.5. The molecule has 1 aliphatic heterocycles. The number of halogens is 1. The standard InChI is InChI=1S/C21H27ClN2O2.C2H2O4/c22-20-6-7-21(19(17-20)16-18-4-2-1-3-5-18)26-13-9-23-8-10-24-11-14-25-15-12-24;3-1(4)2(5)6/h1-7,17,23H,8-16H2;(H,3,4)(H,5,6). The van der Waals surface area contributed by atoms with Crippen molar-refractivity contribution in [3.63, 3.8) is 0 Å². The third-order valence-corrected chi connectivity index (χ3v) is 4.92. The van der Waals surface area contributed by atoms with Gasteiger partial charge in [-0.15, -0.1) is 0 Å². The van der Waals surface area contributed by atoms with Crippen molar-refractivity contribution >= 4 is 23.5 Å². The lowest BCUT2D eigenvalue weighted by atomic mass is 10.0. The van der Waals surface area contributed by atoms with E-state index in [1.54, 1.807) is 0 Å². The first kappa shape index (κ1) is 25.6. The van der Waals surface area contributed by atoms with E-state index in [0.717, 1.165) is 68.7 Å². The lowest BCUT2D eigenvalue weighted by Gasteiger charge is -2.26. The highest BCUT2D eigenvalue weighted by molar-refractivity contribution is 6.30. The first-order chi connectivity index (χ1) is 15.5. The zero-order valence-electron chi connectivity index (χ0n) is 17.8. The molecule has 0 atom stereocenters. The molecule has 0 bridgehead atoms. The summed E-state index contributed by atoms with van der Waals surface area (Å²) in [6.45, 7) is 7.28. The summed E-state index contributed by atoms with van der Waals surface area (Å²) in [5, 5.41) is 19.0. The average Bonchev–Trinajstić information content (AvgIpc) is 2.79. The van der Waals surface area contributed by atoms with Crippen LogP contribution < -0.4 is 10.1 Å². The molecule has 0 saturated carbocycles. The van der Waals surface area contributed by atoms with Crippen LogP contribution in [0.3, 0.4) is 0 Å². The van der Waals surface area contributed by atoms with Crippen molar-refractivity contribution in [2.45, 2.75) is 6.42 Å². The molecule has 0 spiro atoms. The van der Waals surface area contributed by atoms with Gasteiger partial charge in [0.1, 0.15) is 12.4 Å². The van der Waals surface area contributed by atoms with Crippen LogP contribution in [0.15, 0.2) is 48.5 Å². The lowest BCUT2D eigenvalue weighted by molar-refractivity contribution is -0.159. The summed E-state index contributed by atoms with van der Waals surface area (Å²) in [7, 11) is 0. The summed E-state index contributed by atoms with van der Waals surface area (Å²) >= 11 is 6.18. The molecule has 3 N–H and O–H groups in total. The van der Waals surface area contributed by atoms with Gasteiger partial charge in [-0.05, 0) is 29.3 Å². The molecule has 2 aromatic rings. The fourth-order valence-corrected chi connectivity index (χ4v) is 3.26. The van der Waals surface area contributed by atoms with Crippen molar-refractivity contribution in [2.75, 3.05) is 52.5 Å². The zero-order chi connectivity index (χ0) is 23.2. The molecule has 8 nitrogen and oxygen atoms in total. The SMILES string of the molecule is Clc1ccc(OCCNCCN2CCOCC2)c(Cc2ccccc2)c1.O=C(O)C(=O)O. The molecule has 32 heavy (non-hydrogen) atoms. The van der Waals surface area contributed by atoms with Crippen LogP contribution in [-0.4, -0.2) is 79.6 Å². The minimum atomic E-state index is -1.82. The van der Waals surface area contributed by atoms with E-state index in [-0.39, 0.29) is 0 Å². The van der Waals surface area contributed by atoms with Gasteiger partial charge in [0.05, 0.1) is 13.2 Å². The Bertz CT molecular complexity index is 832. The number of nitrogens with zero attached hydrogens (tertiary/aromatic N) is 1. The number of benzene rings is 2. The molecule has 1 aliphatic rings. The Morgan fingerprint density at radius 3 is 2.38 bits per heavy atom. The van der Waals surface area contributed by atoms with Gasteiger partial charge in [-0.1, -0.05) is 41.9 Å². The zero-order valence-corrected chi connectivity index (χ0v) is 18.6. The van der Waals surface area contributed by atoms with E-state index in [4.69, 9.17) is 40.9 Å². The number of carbonyl (C=O) groups is 2. The molecule has 174 valence electrons. The summed E-state index contributed by atoms with van der Waals surface area (Å²) in [6.07, 6.45) is 0.821. The highest BCUT2D eigenvalue weighted by Gasteiger charge is 2.09. The third kappa shape index (κ3) is 10.1. The maximum atomic E-state index is 9.10. The minimum absolute atomic E-state index is 0.645. The molecule has 0 aliphatic carbocycles. The van der Waals surface area contributed by atoms with Crippen LogP contribution in [0.5, 0.6) is 5.75 Å². The number of nitrogens with one attached hydrogen (secondary N) is 1. The van der Waals surface area contributed by atoms with Crippen molar-refractivity contribution < 1.29 is 29.3 Å². The quantitative estimate of drug-likeness (QED) is 0.383. The molecule has 1 saturated heterocycles. The molecule has 0 aromatic heterocycles. The van der Waals surface area contributed by atoms with Gasteiger partial charge in [0.25, 0.3) is 0 Å². The second kappa shape index (κ2) is 14.4. The van der Waals surface area contributed by atoms with Crippen molar-refractivity contribution in [1.82, 2.24) is 10.2 Å². The van der Waals surface area contributed by atoms with E-state index in [1.807, 2.05) is 24.3 Å². The molecule has 0 amide bonds. The van der Waals surface area contributed by atoms with Gasteiger partial charge in [-0.3, -0.25) is 4.90 Å². The predicted octanol–water partition coefficient (Wildman–Crippen LogP) is 2.39. The largest absolute Gasteiger partial charge is 0.492 e. The van der Waals surface area contributed by atoms with Crippen molar-refractivity contribution in [3.05, 3.63) is 64.7 Å². The van der Waals surface area contributed by atoms with Crippen LogP contribution in [0.4, 0.5) is 0 Å². The Hall–Kier alpha value is -2.65. The maximum Gasteiger partial charge on any atom is 0.414 e. The Morgan fingerprint density at radius 2 is 1.72 bits per heavy atom. The van der Waals surface area contributed by atoms with Crippen molar-refractivity contribution in [1.29, 1.82) is 0 Å². The molecular formula is C23H29ClN2O6. The van der Waals surface area contributed by atoms with Crippen LogP contribution in [-0.2, 0) is 20.7 Å². The Labute approximate surface area is 192 Å². The van der Waals surface area contributed by atoms with Crippen molar-refractivity contribution in [3.8, 4) is 5.75 Å². The molecule has 1 heterocycles. The highest BCUT2D eigenvalue weighted by atomic mass is 35.5. The minimum Gasteiger partial charge on any atom is -0.492 e. The van der Waals surface area contributed by atoms with Gasteiger partial charge in [-0.25, -0.2) is 9.59 Å². The fourth-order valence-electron chi connectivity index (χ4n) is 3.06. The topological polar surface area (TPSA) is 108 Å².